The van der Waals surface area contributed by atoms with E-state index in [1.807, 2.05) is 0 Å². The molecule has 0 aliphatic rings. The van der Waals surface area contributed by atoms with Crippen LogP contribution >= 0.6 is 0 Å². The fourth-order valence-electron chi connectivity index (χ4n) is 4.89. The first-order chi connectivity index (χ1) is 22.2. The van der Waals surface area contributed by atoms with Crippen molar-refractivity contribution in [3.8, 4) is 22.8 Å². The summed E-state index contributed by atoms with van der Waals surface area (Å²) < 4.78 is 39.4. The molecule has 0 radical (unpaired) electrons. The number of benzene rings is 4. The molecule has 0 unspecified atom stereocenters. The molecule has 4 N–H and O–H groups in total. The van der Waals surface area contributed by atoms with E-state index in [0.717, 1.165) is 11.1 Å². The Morgan fingerprint density at radius 3 is 1.48 bits per heavy atom. The lowest BCUT2D eigenvalue weighted by atomic mass is 10.1. The third-order valence-corrected chi connectivity index (χ3v) is 7.23. The fraction of sp³-hybridized carbons (Fsp3) is 0.121. The molecule has 232 valence electrons. The average molecular weight is 625 g/mol. The Morgan fingerprint density at radius 1 is 0.652 bits per heavy atom. The highest BCUT2D eigenvalue weighted by Gasteiger charge is 2.15. The Morgan fingerprint density at radius 2 is 1.09 bits per heavy atom. The van der Waals surface area contributed by atoms with Gasteiger partial charge in [-0.15, -0.1) is 0 Å². The standard InChI is InChI=1S/C33H26F2N6O5/c1-45-29(42)13-17-3-7-25-27(11-17)38-31(36-25)19-5-9-23(21(34)15-19)40-33(44)41-24-10-6-20(16-22(24)35)32-37-26-8-4-18(12-28(26)39-32)14-30(43)46-2/h3-12,15-16H,13-14H2,1-2H3,(H,36,38)(H,37,39)(H2,40,41,44). The van der Waals surface area contributed by atoms with Gasteiger partial charge in [-0.3, -0.25) is 9.59 Å². The summed E-state index contributed by atoms with van der Waals surface area (Å²) in [6, 6.07) is 18.0. The molecule has 6 rings (SSSR count). The van der Waals surface area contributed by atoms with Crippen molar-refractivity contribution in [1.29, 1.82) is 0 Å². The smallest absolute Gasteiger partial charge is 0.323 e. The first-order valence-electron chi connectivity index (χ1n) is 14.0. The van der Waals surface area contributed by atoms with E-state index in [4.69, 9.17) is 9.47 Å². The number of ether oxygens (including phenoxy) is 2. The SMILES string of the molecule is COC(=O)Cc1ccc2nc(-c3ccc(NC(=O)Nc4ccc(-c5nc6ccc(CC(=O)OC)cc6[nH]5)cc4F)c(F)c3)[nH]c2c1. The van der Waals surface area contributed by atoms with Crippen LogP contribution in [-0.2, 0) is 31.9 Å². The number of anilines is 2. The molecule has 46 heavy (non-hydrogen) atoms. The molecule has 13 heteroatoms. The van der Waals surface area contributed by atoms with Gasteiger partial charge >= 0.3 is 18.0 Å². The van der Waals surface area contributed by atoms with Crippen LogP contribution in [0, 0.1) is 11.6 Å². The second-order valence-electron chi connectivity index (χ2n) is 10.3. The van der Waals surface area contributed by atoms with Gasteiger partial charge in [-0.2, -0.15) is 0 Å². The number of H-pyrrole nitrogens is 2. The van der Waals surface area contributed by atoms with E-state index >= 15 is 8.78 Å². The number of carbonyl (C=O) groups excluding carboxylic acids is 3. The minimum atomic E-state index is -0.845. The molecular weight excluding hydrogens is 598 g/mol. The highest BCUT2D eigenvalue weighted by Crippen LogP contribution is 2.27. The molecule has 11 nitrogen and oxygen atoms in total. The molecule has 4 aromatic carbocycles. The number of methoxy groups -OCH3 is 2. The number of amides is 2. The van der Waals surface area contributed by atoms with Crippen LogP contribution in [0.5, 0.6) is 0 Å². The van der Waals surface area contributed by atoms with Gasteiger partial charge in [-0.05, 0) is 71.8 Å². The number of fused-ring (bicyclic) bond motifs is 2. The highest BCUT2D eigenvalue weighted by atomic mass is 19.1. The zero-order valence-corrected chi connectivity index (χ0v) is 24.5. The van der Waals surface area contributed by atoms with Crippen LogP contribution in [0.1, 0.15) is 11.1 Å². The van der Waals surface area contributed by atoms with Crippen molar-refractivity contribution < 1.29 is 32.6 Å². The lowest BCUT2D eigenvalue weighted by Gasteiger charge is -2.10. The van der Waals surface area contributed by atoms with Crippen LogP contribution in [-0.4, -0.2) is 52.1 Å². The summed E-state index contributed by atoms with van der Waals surface area (Å²) in [7, 11) is 2.64. The molecule has 0 atom stereocenters. The minimum Gasteiger partial charge on any atom is -0.469 e. The Hall–Kier alpha value is -6.11. The molecule has 6 aromatic rings. The quantitative estimate of drug-likeness (QED) is 0.149. The molecule has 2 aromatic heterocycles. The maximum absolute atomic E-state index is 15.0. The van der Waals surface area contributed by atoms with Crippen LogP contribution in [0.15, 0.2) is 72.8 Å². The Balaban J connectivity index is 1.12. The van der Waals surface area contributed by atoms with Gasteiger partial charge < -0.3 is 30.1 Å². The summed E-state index contributed by atoms with van der Waals surface area (Å²) in [6.45, 7) is 0. The van der Waals surface area contributed by atoms with Gasteiger partial charge in [0.2, 0.25) is 0 Å². The molecule has 2 heterocycles. The van der Waals surface area contributed by atoms with Crippen molar-refractivity contribution in [1.82, 2.24) is 19.9 Å². The summed E-state index contributed by atoms with van der Waals surface area (Å²) >= 11 is 0. The van der Waals surface area contributed by atoms with E-state index in [1.165, 1.54) is 38.5 Å². The number of aromatic nitrogens is 4. The Kier molecular flexibility index (Phi) is 8.12. The van der Waals surface area contributed by atoms with Gasteiger partial charge in [-0.1, -0.05) is 12.1 Å². The number of nitrogens with one attached hydrogen (secondary N) is 4. The number of carbonyl (C=O) groups is 3. The number of nitrogens with zero attached hydrogens (tertiary/aromatic N) is 2. The number of imidazole rings is 2. The summed E-state index contributed by atoms with van der Waals surface area (Å²) in [5, 5.41) is 4.78. The molecule has 0 aliphatic heterocycles. The van der Waals surface area contributed by atoms with Crippen LogP contribution in [0.2, 0.25) is 0 Å². The summed E-state index contributed by atoms with van der Waals surface area (Å²) in [5.74, 6) is -1.40. The van der Waals surface area contributed by atoms with Crippen LogP contribution in [0.3, 0.4) is 0 Å². The second-order valence-corrected chi connectivity index (χ2v) is 10.3. The first-order valence-corrected chi connectivity index (χ1v) is 14.0. The summed E-state index contributed by atoms with van der Waals surface area (Å²) in [6.07, 6.45) is 0.212. The van der Waals surface area contributed by atoms with Gasteiger partial charge in [0.15, 0.2) is 0 Å². The maximum Gasteiger partial charge on any atom is 0.323 e. The predicted octanol–water partition coefficient (Wildman–Crippen LogP) is 6.13. The van der Waals surface area contributed by atoms with Gasteiger partial charge in [0, 0.05) is 11.1 Å². The Bertz CT molecular complexity index is 1990. The van der Waals surface area contributed by atoms with E-state index in [2.05, 4.69) is 30.6 Å². The molecule has 2 amide bonds. The third kappa shape index (κ3) is 6.38. The Labute approximate surface area is 260 Å². The maximum atomic E-state index is 15.0. The van der Waals surface area contributed by atoms with Gasteiger partial charge in [-0.25, -0.2) is 23.5 Å². The zero-order valence-electron chi connectivity index (χ0n) is 24.5. The van der Waals surface area contributed by atoms with Gasteiger partial charge in [0.1, 0.15) is 23.3 Å². The predicted molar refractivity (Wildman–Crippen MR) is 167 cm³/mol. The van der Waals surface area contributed by atoms with E-state index < -0.39 is 17.7 Å². The zero-order chi connectivity index (χ0) is 32.4. The molecule has 0 spiro atoms. The van der Waals surface area contributed by atoms with Crippen molar-refractivity contribution >= 4 is 51.4 Å². The lowest BCUT2D eigenvalue weighted by Crippen LogP contribution is -2.20. The van der Waals surface area contributed by atoms with E-state index in [-0.39, 0.29) is 36.2 Å². The third-order valence-electron chi connectivity index (χ3n) is 7.23. The monoisotopic (exact) mass is 624 g/mol. The molecule has 0 saturated heterocycles. The number of rotatable bonds is 8. The van der Waals surface area contributed by atoms with E-state index in [0.29, 0.717) is 44.8 Å². The summed E-state index contributed by atoms with van der Waals surface area (Å²) in [5.41, 5.74) is 4.67. The number of urea groups is 1. The van der Waals surface area contributed by atoms with Crippen LogP contribution in [0.25, 0.3) is 44.8 Å². The van der Waals surface area contributed by atoms with Gasteiger partial charge in [0.05, 0.1) is 60.5 Å². The van der Waals surface area contributed by atoms with Crippen molar-refractivity contribution in [3.63, 3.8) is 0 Å². The highest BCUT2D eigenvalue weighted by molar-refractivity contribution is 6.00. The molecular formula is C33H26F2N6O5. The fourth-order valence-corrected chi connectivity index (χ4v) is 4.89. The largest absolute Gasteiger partial charge is 0.469 e. The molecule has 0 saturated carbocycles. The van der Waals surface area contributed by atoms with Crippen molar-refractivity contribution in [2.75, 3.05) is 24.9 Å². The van der Waals surface area contributed by atoms with Crippen molar-refractivity contribution in [2.45, 2.75) is 12.8 Å². The molecule has 0 fully saturated rings. The number of halogens is 2. The molecule has 0 bridgehead atoms. The van der Waals surface area contributed by atoms with Crippen molar-refractivity contribution in [3.05, 3.63) is 95.6 Å². The minimum absolute atomic E-state index is 0.106. The van der Waals surface area contributed by atoms with E-state index in [9.17, 15) is 14.4 Å². The number of hydrogen-bond donors (Lipinski definition) is 4. The van der Waals surface area contributed by atoms with Crippen molar-refractivity contribution in [2.24, 2.45) is 0 Å². The van der Waals surface area contributed by atoms with Crippen LogP contribution < -0.4 is 10.6 Å². The van der Waals surface area contributed by atoms with Gasteiger partial charge in [0.25, 0.3) is 0 Å². The number of hydrogen-bond acceptors (Lipinski definition) is 7. The second kappa shape index (κ2) is 12.5. The van der Waals surface area contributed by atoms with Crippen LogP contribution in [0.4, 0.5) is 25.0 Å². The average Bonchev–Trinajstić information content (AvgIpc) is 3.67. The lowest BCUT2D eigenvalue weighted by molar-refractivity contribution is -0.140. The topological polar surface area (TPSA) is 151 Å². The normalized spacial score (nSPS) is 11.0. The number of aromatic amines is 2. The molecule has 0 aliphatic carbocycles. The summed E-state index contributed by atoms with van der Waals surface area (Å²) in [4.78, 5) is 51.0. The van der Waals surface area contributed by atoms with E-state index in [1.54, 1.807) is 48.5 Å². The number of esters is 2. The first kappa shape index (κ1) is 29.9.